The van der Waals surface area contributed by atoms with Gasteiger partial charge in [-0.05, 0) is 30.5 Å². The molecule has 120 valence electrons. The van der Waals surface area contributed by atoms with Gasteiger partial charge in [-0.15, -0.1) is 0 Å². The summed E-state index contributed by atoms with van der Waals surface area (Å²) in [5.74, 6) is 0. The third-order valence-corrected chi connectivity index (χ3v) is 4.98. The number of rotatable bonds is 4. The van der Waals surface area contributed by atoms with Gasteiger partial charge >= 0.3 is 0 Å². The van der Waals surface area contributed by atoms with E-state index in [1.54, 1.807) is 0 Å². The Morgan fingerprint density at radius 2 is 1.39 bits per heavy atom. The second kappa shape index (κ2) is 7.12. The van der Waals surface area contributed by atoms with Gasteiger partial charge < -0.3 is 5.32 Å². The van der Waals surface area contributed by atoms with Crippen LogP contribution in [0, 0.1) is 0 Å². The average Bonchev–Trinajstić information content (AvgIpc) is 2.65. The van der Waals surface area contributed by atoms with E-state index in [1.165, 1.54) is 16.7 Å². The monoisotopic (exact) mass is 306 g/mol. The molecule has 0 unspecified atom stereocenters. The van der Waals surface area contributed by atoms with Crippen LogP contribution in [0.1, 0.15) is 25.0 Å². The van der Waals surface area contributed by atoms with Crippen molar-refractivity contribution in [3.8, 4) is 0 Å². The number of nitrogens with zero attached hydrogens (tertiary/aromatic N) is 1. The largest absolute Gasteiger partial charge is 0.314 e. The molecule has 0 aliphatic carbocycles. The summed E-state index contributed by atoms with van der Waals surface area (Å²) in [5, 5.41) is 3.49. The molecule has 1 heterocycles. The number of allylic oxidation sites excluding steroid dienone is 1. The minimum atomic E-state index is -0.181. The van der Waals surface area contributed by atoms with Crippen molar-refractivity contribution >= 4 is 0 Å². The van der Waals surface area contributed by atoms with Gasteiger partial charge in [0.2, 0.25) is 0 Å². The SMILES string of the molecule is C/C=C(\C)C(c1ccccc1)(c1ccccc1)N1CCNCC1. The highest BCUT2D eigenvalue weighted by Crippen LogP contribution is 2.42. The molecule has 1 N–H and O–H groups in total. The van der Waals surface area contributed by atoms with Crippen LogP contribution in [-0.2, 0) is 5.54 Å². The van der Waals surface area contributed by atoms with Crippen LogP contribution in [0.4, 0.5) is 0 Å². The summed E-state index contributed by atoms with van der Waals surface area (Å²) in [4.78, 5) is 2.63. The quantitative estimate of drug-likeness (QED) is 0.864. The van der Waals surface area contributed by atoms with Crippen LogP contribution < -0.4 is 5.32 Å². The Bertz CT molecular complexity index is 601. The Morgan fingerprint density at radius 1 is 0.913 bits per heavy atom. The molecule has 23 heavy (non-hydrogen) atoms. The standard InChI is InChI=1S/C21H26N2/c1-3-18(2)21(19-10-6-4-7-11-19,20-12-8-5-9-13-20)23-16-14-22-15-17-23/h3-13,22H,14-17H2,1-2H3/b18-3+. The van der Waals surface area contributed by atoms with Crippen molar-refractivity contribution in [1.82, 2.24) is 10.2 Å². The van der Waals surface area contributed by atoms with Gasteiger partial charge in [0.1, 0.15) is 0 Å². The molecule has 2 aromatic rings. The van der Waals surface area contributed by atoms with Crippen molar-refractivity contribution in [2.45, 2.75) is 19.4 Å². The van der Waals surface area contributed by atoms with Crippen LogP contribution in [0.5, 0.6) is 0 Å². The second-order valence-electron chi connectivity index (χ2n) is 6.15. The lowest BCUT2D eigenvalue weighted by Crippen LogP contribution is -2.55. The molecule has 0 aromatic heterocycles. The Kier molecular flexibility index (Phi) is 4.94. The zero-order valence-electron chi connectivity index (χ0n) is 14.1. The van der Waals surface area contributed by atoms with Crippen LogP contribution in [0.2, 0.25) is 0 Å². The van der Waals surface area contributed by atoms with Gasteiger partial charge in [0.25, 0.3) is 0 Å². The van der Waals surface area contributed by atoms with Gasteiger partial charge in [0, 0.05) is 26.2 Å². The fourth-order valence-electron chi connectivity index (χ4n) is 3.80. The number of hydrogen-bond acceptors (Lipinski definition) is 2. The van der Waals surface area contributed by atoms with Gasteiger partial charge in [-0.3, -0.25) is 4.90 Å². The lowest BCUT2D eigenvalue weighted by atomic mass is 9.75. The summed E-state index contributed by atoms with van der Waals surface area (Å²) in [7, 11) is 0. The second-order valence-corrected chi connectivity index (χ2v) is 6.15. The zero-order chi connectivity index (χ0) is 16.1. The van der Waals surface area contributed by atoms with Crippen molar-refractivity contribution in [3.05, 3.63) is 83.4 Å². The molecule has 2 aromatic carbocycles. The number of nitrogens with one attached hydrogen (secondary N) is 1. The van der Waals surface area contributed by atoms with Crippen LogP contribution in [0.25, 0.3) is 0 Å². The lowest BCUT2D eigenvalue weighted by Gasteiger charge is -2.48. The minimum absolute atomic E-state index is 0.181. The van der Waals surface area contributed by atoms with E-state index in [9.17, 15) is 0 Å². The molecule has 3 rings (SSSR count). The molecule has 0 spiro atoms. The molecule has 1 fully saturated rings. The van der Waals surface area contributed by atoms with E-state index in [-0.39, 0.29) is 5.54 Å². The highest BCUT2D eigenvalue weighted by Gasteiger charge is 2.41. The maximum Gasteiger partial charge on any atom is 0.0930 e. The Hall–Kier alpha value is -1.90. The first-order valence-corrected chi connectivity index (χ1v) is 8.50. The fraction of sp³-hybridized carbons (Fsp3) is 0.333. The summed E-state index contributed by atoms with van der Waals surface area (Å²) in [6, 6.07) is 21.9. The van der Waals surface area contributed by atoms with Crippen molar-refractivity contribution in [2.75, 3.05) is 26.2 Å². The minimum Gasteiger partial charge on any atom is -0.314 e. The Labute approximate surface area is 139 Å². The van der Waals surface area contributed by atoms with Crippen molar-refractivity contribution in [1.29, 1.82) is 0 Å². The molecule has 1 aliphatic heterocycles. The molecule has 1 saturated heterocycles. The molecule has 0 saturated carbocycles. The molecule has 0 radical (unpaired) electrons. The van der Waals surface area contributed by atoms with Crippen LogP contribution >= 0.6 is 0 Å². The lowest BCUT2D eigenvalue weighted by molar-refractivity contribution is 0.133. The fourth-order valence-corrected chi connectivity index (χ4v) is 3.80. The van der Waals surface area contributed by atoms with Crippen LogP contribution in [0.3, 0.4) is 0 Å². The highest BCUT2D eigenvalue weighted by atomic mass is 15.2. The number of piperazine rings is 1. The molecule has 1 aliphatic rings. The maximum absolute atomic E-state index is 3.49. The first-order chi connectivity index (χ1) is 11.3. The predicted octanol–water partition coefficient (Wildman–Crippen LogP) is 3.80. The smallest absolute Gasteiger partial charge is 0.0930 e. The molecule has 0 atom stereocenters. The van der Waals surface area contributed by atoms with Gasteiger partial charge in [-0.25, -0.2) is 0 Å². The van der Waals surface area contributed by atoms with E-state index in [2.05, 4.69) is 90.8 Å². The van der Waals surface area contributed by atoms with Crippen LogP contribution in [0.15, 0.2) is 72.3 Å². The van der Waals surface area contributed by atoms with Gasteiger partial charge in [0.15, 0.2) is 0 Å². The highest BCUT2D eigenvalue weighted by molar-refractivity contribution is 5.47. The Balaban J connectivity index is 2.25. The van der Waals surface area contributed by atoms with E-state index >= 15 is 0 Å². The molecule has 2 heteroatoms. The van der Waals surface area contributed by atoms with E-state index in [0.717, 1.165) is 26.2 Å². The zero-order valence-corrected chi connectivity index (χ0v) is 14.1. The molecule has 0 amide bonds. The topological polar surface area (TPSA) is 15.3 Å². The molecular weight excluding hydrogens is 280 g/mol. The summed E-state index contributed by atoms with van der Waals surface area (Å²) >= 11 is 0. The summed E-state index contributed by atoms with van der Waals surface area (Å²) < 4.78 is 0. The average molecular weight is 306 g/mol. The van der Waals surface area contributed by atoms with Crippen molar-refractivity contribution in [2.24, 2.45) is 0 Å². The van der Waals surface area contributed by atoms with Crippen LogP contribution in [-0.4, -0.2) is 31.1 Å². The van der Waals surface area contributed by atoms with E-state index in [1.807, 2.05) is 0 Å². The van der Waals surface area contributed by atoms with E-state index in [0.29, 0.717) is 0 Å². The summed E-state index contributed by atoms with van der Waals surface area (Å²) in [6.07, 6.45) is 2.27. The molecule has 0 bridgehead atoms. The summed E-state index contributed by atoms with van der Waals surface area (Å²) in [6.45, 7) is 8.60. The first-order valence-electron chi connectivity index (χ1n) is 8.50. The Morgan fingerprint density at radius 3 is 1.83 bits per heavy atom. The van der Waals surface area contributed by atoms with Gasteiger partial charge in [0.05, 0.1) is 5.54 Å². The number of hydrogen-bond donors (Lipinski definition) is 1. The van der Waals surface area contributed by atoms with E-state index in [4.69, 9.17) is 0 Å². The van der Waals surface area contributed by atoms with E-state index < -0.39 is 0 Å². The van der Waals surface area contributed by atoms with Crippen molar-refractivity contribution in [3.63, 3.8) is 0 Å². The number of benzene rings is 2. The third-order valence-electron chi connectivity index (χ3n) is 4.98. The van der Waals surface area contributed by atoms with Crippen molar-refractivity contribution < 1.29 is 0 Å². The predicted molar refractivity (Wildman–Crippen MR) is 97.5 cm³/mol. The first kappa shape index (κ1) is 16.0. The normalized spacial score (nSPS) is 17.2. The third kappa shape index (κ3) is 2.85. The maximum atomic E-state index is 3.49. The van der Waals surface area contributed by atoms with Gasteiger partial charge in [-0.1, -0.05) is 66.7 Å². The summed E-state index contributed by atoms with van der Waals surface area (Å²) in [5.41, 5.74) is 3.91. The van der Waals surface area contributed by atoms with Gasteiger partial charge in [-0.2, -0.15) is 0 Å². The molecular formula is C21H26N2. The molecule has 2 nitrogen and oxygen atoms in total.